The summed E-state index contributed by atoms with van der Waals surface area (Å²) in [5.74, 6) is 0.979. The number of phenolic OH excluding ortho intramolecular Hbond substituents is 1. The van der Waals surface area contributed by atoms with Crippen molar-refractivity contribution >= 4 is 6.08 Å². The molecule has 1 rings (SSSR count). The van der Waals surface area contributed by atoms with Crippen LogP contribution in [0.1, 0.15) is 24.8 Å². The number of ether oxygens (including phenoxy) is 1. The Morgan fingerprint density at radius 3 is 2.81 bits per heavy atom. The van der Waals surface area contributed by atoms with Gasteiger partial charge in [-0.3, -0.25) is 0 Å². The summed E-state index contributed by atoms with van der Waals surface area (Å²) < 4.78 is 5.08. The summed E-state index contributed by atoms with van der Waals surface area (Å²) in [7, 11) is 1.60. The number of aliphatic hydroxyl groups excluding tert-OH is 1. The molecule has 0 saturated heterocycles. The molecule has 0 aliphatic heterocycles. The van der Waals surface area contributed by atoms with Crippen LogP contribution in [0.5, 0.6) is 11.5 Å². The average Bonchev–Trinajstić information content (AvgIpc) is 2.31. The second-order valence-corrected chi connectivity index (χ2v) is 3.55. The fourth-order valence-electron chi connectivity index (χ4n) is 1.38. The summed E-state index contributed by atoms with van der Waals surface area (Å²) in [4.78, 5) is 0. The molecule has 0 aliphatic carbocycles. The summed E-state index contributed by atoms with van der Waals surface area (Å²) in [6, 6.07) is 5.13. The molecule has 16 heavy (non-hydrogen) atoms. The predicted octanol–water partition coefficient (Wildman–Crippen LogP) is 2.58. The Balaban J connectivity index is 2.57. The Kier molecular flexibility index (Phi) is 5.43. The molecule has 3 nitrogen and oxygen atoms in total. The zero-order chi connectivity index (χ0) is 11.8. The number of hydrogen-bond donors (Lipinski definition) is 2. The van der Waals surface area contributed by atoms with Crippen molar-refractivity contribution in [2.24, 2.45) is 0 Å². The maximum Gasteiger partial charge on any atom is 0.123 e. The lowest BCUT2D eigenvalue weighted by molar-refractivity contribution is 0.285. The van der Waals surface area contributed by atoms with Crippen LogP contribution in [0.25, 0.3) is 6.08 Å². The van der Waals surface area contributed by atoms with E-state index < -0.39 is 0 Å². The number of methoxy groups -OCH3 is 1. The van der Waals surface area contributed by atoms with Crippen molar-refractivity contribution in [1.29, 1.82) is 0 Å². The number of allylic oxidation sites excluding steroid dienone is 1. The van der Waals surface area contributed by atoms with Crippen LogP contribution < -0.4 is 4.74 Å². The van der Waals surface area contributed by atoms with Crippen LogP contribution in [0, 0.1) is 0 Å². The number of rotatable bonds is 6. The molecular weight excluding hydrogens is 204 g/mol. The number of hydrogen-bond acceptors (Lipinski definition) is 3. The zero-order valence-electron chi connectivity index (χ0n) is 9.52. The Morgan fingerprint density at radius 1 is 1.31 bits per heavy atom. The number of unbranched alkanes of at least 4 members (excludes halogenated alkanes) is 2. The highest BCUT2D eigenvalue weighted by Gasteiger charge is 1.98. The van der Waals surface area contributed by atoms with E-state index >= 15 is 0 Å². The van der Waals surface area contributed by atoms with Gasteiger partial charge in [-0.2, -0.15) is 0 Å². The third-order valence-corrected chi connectivity index (χ3v) is 2.31. The molecule has 2 N–H and O–H groups in total. The lowest BCUT2D eigenvalue weighted by atomic mass is 10.1. The zero-order valence-corrected chi connectivity index (χ0v) is 9.52. The summed E-state index contributed by atoms with van der Waals surface area (Å²) in [5, 5.41) is 18.2. The highest BCUT2D eigenvalue weighted by atomic mass is 16.5. The lowest BCUT2D eigenvalue weighted by Gasteiger charge is -2.03. The van der Waals surface area contributed by atoms with E-state index in [1.54, 1.807) is 25.3 Å². The predicted molar refractivity (Wildman–Crippen MR) is 64.6 cm³/mol. The first-order valence-electron chi connectivity index (χ1n) is 5.42. The van der Waals surface area contributed by atoms with Gasteiger partial charge in [-0.15, -0.1) is 0 Å². The Labute approximate surface area is 96.0 Å². The minimum absolute atomic E-state index is 0.234. The fraction of sp³-hybridized carbons (Fsp3) is 0.385. The highest BCUT2D eigenvalue weighted by Crippen LogP contribution is 2.24. The van der Waals surface area contributed by atoms with Crippen LogP contribution >= 0.6 is 0 Å². The van der Waals surface area contributed by atoms with E-state index in [9.17, 15) is 5.11 Å². The van der Waals surface area contributed by atoms with E-state index in [-0.39, 0.29) is 12.4 Å². The minimum atomic E-state index is 0.234. The number of phenols is 1. The van der Waals surface area contributed by atoms with Gasteiger partial charge in [-0.25, -0.2) is 0 Å². The maximum absolute atomic E-state index is 9.59. The lowest BCUT2D eigenvalue weighted by Crippen LogP contribution is -1.84. The van der Waals surface area contributed by atoms with E-state index in [1.807, 2.05) is 12.2 Å². The van der Waals surface area contributed by atoms with Crippen molar-refractivity contribution in [2.75, 3.05) is 13.7 Å². The van der Waals surface area contributed by atoms with Crippen LogP contribution in [-0.2, 0) is 0 Å². The van der Waals surface area contributed by atoms with Gasteiger partial charge in [0.1, 0.15) is 11.5 Å². The largest absolute Gasteiger partial charge is 0.507 e. The van der Waals surface area contributed by atoms with Gasteiger partial charge < -0.3 is 14.9 Å². The number of aromatic hydroxyl groups is 1. The van der Waals surface area contributed by atoms with Gasteiger partial charge in [0.25, 0.3) is 0 Å². The second kappa shape index (κ2) is 6.90. The monoisotopic (exact) mass is 222 g/mol. The maximum atomic E-state index is 9.59. The van der Waals surface area contributed by atoms with Crippen molar-refractivity contribution in [3.05, 3.63) is 29.8 Å². The molecule has 0 aromatic heterocycles. The topological polar surface area (TPSA) is 49.7 Å². The van der Waals surface area contributed by atoms with Crippen LogP contribution in [0.15, 0.2) is 24.3 Å². The third-order valence-electron chi connectivity index (χ3n) is 2.31. The van der Waals surface area contributed by atoms with Gasteiger partial charge >= 0.3 is 0 Å². The Morgan fingerprint density at radius 2 is 2.12 bits per heavy atom. The molecule has 0 saturated carbocycles. The van der Waals surface area contributed by atoms with Crippen molar-refractivity contribution in [1.82, 2.24) is 0 Å². The van der Waals surface area contributed by atoms with Gasteiger partial charge in [0.15, 0.2) is 0 Å². The molecule has 3 heteroatoms. The molecule has 1 aromatic rings. The van der Waals surface area contributed by atoms with Gasteiger partial charge in [-0.05, 0) is 37.5 Å². The average molecular weight is 222 g/mol. The van der Waals surface area contributed by atoms with Crippen molar-refractivity contribution < 1.29 is 14.9 Å². The summed E-state index contributed by atoms with van der Waals surface area (Å²) in [5.41, 5.74) is 0.753. The summed E-state index contributed by atoms with van der Waals surface area (Å²) in [6.07, 6.45) is 6.53. The molecule has 0 fully saturated rings. The van der Waals surface area contributed by atoms with Crippen LogP contribution in [0.4, 0.5) is 0 Å². The molecular formula is C13H18O3. The molecule has 0 amide bonds. The first kappa shape index (κ1) is 12.6. The minimum Gasteiger partial charge on any atom is -0.507 e. The van der Waals surface area contributed by atoms with Crippen LogP contribution in [0.2, 0.25) is 0 Å². The number of benzene rings is 1. The van der Waals surface area contributed by atoms with Gasteiger partial charge in [0.2, 0.25) is 0 Å². The molecule has 0 atom stereocenters. The van der Waals surface area contributed by atoms with Gasteiger partial charge in [-0.1, -0.05) is 12.2 Å². The van der Waals surface area contributed by atoms with Crippen molar-refractivity contribution in [3.8, 4) is 11.5 Å². The normalized spacial score (nSPS) is 10.9. The van der Waals surface area contributed by atoms with E-state index in [2.05, 4.69) is 0 Å². The molecule has 0 unspecified atom stereocenters. The highest BCUT2D eigenvalue weighted by molar-refractivity contribution is 5.58. The first-order chi connectivity index (χ1) is 7.77. The van der Waals surface area contributed by atoms with E-state index in [0.717, 1.165) is 30.6 Å². The first-order valence-corrected chi connectivity index (χ1v) is 5.42. The summed E-state index contributed by atoms with van der Waals surface area (Å²) in [6.45, 7) is 0.234. The Bertz CT molecular complexity index is 345. The molecule has 0 heterocycles. The van der Waals surface area contributed by atoms with E-state index in [1.165, 1.54) is 0 Å². The third kappa shape index (κ3) is 3.95. The van der Waals surface area contributed by atoms with Crippen molar-refractivity contribution in [2.45, 2.75) is 19.3 Å². The quantitative estimate of drug-likeness (QED) is 0.727. The molecule has 0 radical (unpaired) electrons. The van der Waals surface area contributed by atoms with E-state index in [4.69, 9.17) is 9.84 Å². The van der Waals surface area contributed by atoms with Crippen LogP contribution in [-0.4, -0.2) is 23.9 Å². The van der Waals surface area contributed by atoms with Gasteiger partial charge in [0.05, 0.1) is 7.11 Å². The molecule has 0 bridgehead atoms. The standard InChI is InChI=1S/C13H18O3/c1-16-12-7-8-13(15)11(10-12)6-4-2-3-5-9-14/h4,6-8,10,14-15H,2-3,5,9H2,1H3. The smallest absolute Gasteiger partial charge is 0.123 e. The number of aliphatic hydroxyl groups is 1. The second-order valence-electron chi connectivity index (χ2n) is 3.55. The van der Waals surface area contributed by atoms with Gasteiger partial charge in [0, 0.05) is 12.2 Å². The fourth-order valence-corrected chi connectivity index (χ4v) is 1.38. The molecule has 0 aliphatic rings. The SMILES string of the molecule is COc1ccc(O)c(C=CCCCCO)c1. The molecule has 88 valence electrons. The Hall–Kier alpha value is -1.48. The molecule has 0 spiro atoms. The van der Waals surface area contributed by atoms with Crippen LogP contribution in [0.3, 0.4) is 0 Å². The van der Waals surface area contributed by atoms with E-state index in [0.29, 0.717) is 0 Å². The van der Waals surface area contributed by atoms with Crippen molar-refractivity contribution in [3.63, 3.8) is 0 Å². The summed E-state index contributed by atoms with van der Waals surface area (Å²) >= 11 is 0. The molecule has 1 aromatic carbocycles.